The number of aliphatic carboxylic acids is 1. The molecule has 0 aliphatic heterocycles. The van der Waals surface area contributed by atoms with E-state index in [4.69, 9.17) is 9.84 Å². The van der Waals surface area contributed by atoms with Crippen LogP contribution in [0, 0.1) is 5.92 Å². The van der Waals surface area contributed by atoms with Gasteiger partial charge in [0.2, 0.25) is 0 Å². The molecule has 4 heteroatoms. The van der Waals surface area contributed by atoms with E-state index in [1.165, 1.54) is 84.0 Å². The maximum Gasteiger partial charge on any atom is 0.306 e. The Balaban J connectivity index is 3.07. The van der Waals surface area contributed by atoms with Gasteiger partial charge in [-0.1, -0.05) is 90.4 Å². The molecule has 0 heterocycles. The van der Waals surface area contributed by atoms with Gasteiger partial charge in [-0.25, -0.2) is 0 Å². The van der Waals surface area contributed by atoms with Crippen LogP contribution in [0.3, 0.4) is 0 Å². The van der Waals surface area contributed by atoms with Crippen molar-refractivity contribution in [2.75, 3.05) is 6.61 Å². The lowest BCUT2D eigenvalue weighted by molar-refractivity contribution is -0.142. The highest BCUT2D eigenvalue weighted by Crippen LogP contribution is 2.15. The Morgan fingerprint density at radius 2 is 1.08 bits per heavy atom. The van der Waals surface area contributed by atoms with Crippen LogP contribution < -0.4 is 0 Å². The average Bonchev–Trinajstić information content (AvgIpc) is 2.57. The third-order valence-electron chi connectivity index (χ3n) is 4.76. The Labute approximate surface area is 154 Å². The van der Waals surface area contributed by atoms with Crippen LogP contribution in [-0.2, 0) is 14.3 Å². The molecule has 0 fully saturated rings. The molecule has 0 aromatic rings. The SMILES string of the molecule is CC(=O)OCCCCCCCCCCCCCCCCC(C)C(=O)O. The van der Waals surface area contributed by atoms with Crippen LogP contribution in [0.2, 0.25) is 0 Å². The fraction of sp³-hybridized carbons (Fsp3) is 0.905. The molecule has 0 aliphatic carbocycles. The quantitative estimate of drug-likeness (QED) is 0.237. The highest BCUT2D eigenvalue weighted by molar-refractivity contribution is 5.69. The molecule has 25 heavy (non-hydrogen) atoms. The fourth-order valence-corrected chi connectivity index (χ4v) is 3.01. The zero-order chi connectivity index (χ0) is 18.8. The summed E-state index contributed by atoms with van der Waals surface area (Å²) in [6, 6.07) is 0. The van der Waals surface area contributed by atoms with E-state index in [9.17, 15) is 9.59 Å². The number of carbonyl (C=O) groups excluding carboxylic acids is 1. The maximum atomic E-state index is 10.7. The second-order valence-corrected chi connectivity index (χ2v) is 7.32. The first-order chi connectivity index (χ1) is 12.0. The van der Waals surface area contributed by atoms with E-state index in [-0.39, 0.29) is 11.9 Å². The highest BCUT2D eigenvalue weighted by atomic mass is 16.5. The van der Waals surface area contributed by atoms with Crippen molar-refractivity contribution in [1.82, 2.24) is 0 Å². The lowest BCUT2D eigenvalue weighted by atomic mass is 10.0. The molecule has 0 aliphatic rings. The Bertz CT molecular complexity index is 328. The van der Waals surface area contributed by atoms with Crippen molar-refractivity contribution in [1.29, 1.82) is 0 Å². The number of carboxylic acids is 1. The van der Waals surface area contributed by atoms with E-state index < -0.39 is 5.97 Å². The Hall–Kier alpha value is -1.06. The normalized spacial score (nSPS) is 12.1. The monoisotopic (exact) mass is 356 g/mol. The molecule has 1 N–H and O–H groups in total. The number of hydrogen-bond acceptors (Lipinski definition) is 3. The lowest BCUT2D eigenvalue weighted by Crippen LogP contribution is -2.08. The van der Waals surface area contributed by atoms with Gasteiger partial charge >= 0.3 is 11.9 Å². The van der Waals surface area contributed by atoms with Gasteiger partial charge in [-0.3, -0.25) is 9.59 Å². The number of rotatable bonds is 18. The number of esters is 1. The van der Waals surface area contributed by atoms with E-state index in [0.29, 0.717) is 6.61 Å². The van der Waals surface area contributed by atoms with Crippen LogP contribution in [0.15, 0.2) is 0 Å². The first-order valence-corrected chi connectivity index (χ1v) is 10.4. The van der Waals surface area contributed by atoms with Crippen LogP contribution in [0.25, 0.3) is 0 Å². The van der Waals surface area contributed by atoms with Crippen molar-refractivity contribution in [2.24, 2.45) is 5.92 Å². The maximum absolute atomic E-state index is 10.7. The minimum Gasteiger partial charge on any atom is -0.481 e. The number of ether oxygens (including phenoxy) is 1. The largest absolute Gasteiger partial charge is 0.481 e. The molecular weight excluding hydrogens is 316 g/mol. The molecule has 0 radical (unpaired) electrons. The average molecular weight is 357 g/mol. The zero-order valence-corrected chi connectivity index (χ0v) is 16.6. The minimum absolute atomic E-state index is 0.173. The van der Waals surface area contributed by atoms with E-state index in [2.05, 4.69) is 0 Å². The van der Waals surface area contributed by atoms with Crippen LogP contribution >= 0.6 is 0 Å². The topological polar surface area (TPSA) is 63.6 Å². The number of unbranched alkanes of at least 4 members (excludes halogenated alkanes) is 13. The molecular formula is C21H40O4. The van der Waals surface area contributed by atoms with Gasteiger partial charge in [0, 0.05) is 6.92 Å². The van der Waals surface area contributed by atoms with E-state index in [1.54, 1.807) is 6.92 Å². The molecule has 0 rings (SSSR count). The summed E-state index contributed by atoms with van der Waals surface area (Å²) in [5, 5.41) is 8.81. The number of hydrogen-bond donors (Lipinski definition) is 1. The van der Waals surface area contributed by atoms with Gasteiger partial charge in [-0.2, -0.15) is 0 Å². The minimum atomic E-state index is -0.665. The summed E-state index contributed by atoms with van der Waals surface area (Å²) < 4.78 is 4.91. The first kappa shape index (κ1) is 23.9. The van der Waals surface area contributed by atoms with E-state index in [1.807, 2.05) is 0 Å². The standard InChI is InChI=1S/C21H40O4/c1-19(21(23)24)17-15-13-11-9-7-5-3-4-6-8-10-12-14-16-18-25-20(2)22/h19H,3-18H2,1-2H3,(H,23,24). The molecule has 0 bridgehead atoms. The third kappa shape index (κ3) is 19.1. The van der Waals surface area contributed by atoms with Crippen molar-refractivity contribution in [3.8, 4) is 0 Å². The van der Waals surface area contributed by atoms with Gasteiger partial charge in [0.15, 0.2) is 0 Å². The van der Waals surface area contributed by atoms with E-state index >= 15 is 0 Å². The van der Waals surface area contributed by atoms with Crippen molar-refractivity contribution in [2.45, 2.75) is 110 Å². The predicted octanol–water partition coefficient (Wildman–Crippen LogP) is 6.12. The summed E-state index contributed by atoms with van der Waals surface area (Å²) in [4.78, 5) is 21.3. The van der Waals surface area contributed by atoms with Crippen molar-refractivity contribution in [3.05, 3.63) is 0 Å². The molecule has 0 amide bonds. The molecule has 0 saturated heterocycles. The molecule has 0 spiro atoms. The summed E-state index contributed by atoms with van der Waals surface area (Å²) in [7, 11) is 0. The Kier molecular flexibility index (Phi) is 17.0. The molecule has 0 aromatic carbocycles. The summed E-state index contributed by atoms with van der Waals surface area (Å²) in [6.45, 7) is 3.84. The molecule has 1 unspecified atom stereocenters. The van der Waals surface area contributed by atoms with Crippen LogP contribution in [0.4, 0.5) is 0 Å². The van der Waals surface area contributed by atoms with Gasteiger partial charge in [-0.15, -0.1) is 0 Å². The van der Waals surface area contributed by atoms with Crippen molar-refractivity contribution < 1.29 is 19.4 Å². The number of carboxylic acid groups (broad SMARTS) is 1. The Morgan fingerprint density at radius 3 is 1.44 bits per heavy atom. The second kappa shape index (κ2) is 17.8. The zero-order valence-electron chi connectivity index (χ0n) is 16.6. The third-order valence-corrected chi connectivity index (χ3v) is 4.76. The lowest BCUT2D eigenvalue weighted by Gasteiger charge is -2.06. The van der Waals surface area contributed by atoms with Gasteiger partial charge < -0.3 is 9.84 Å². The predicted molar refractivity (Wildman–Crippen MR) is 103 cm³/mol. The van der Waals surface area contributed by atoms with Gasteiger partial charge in [0.1, 0.15) is 0 Å². The smallest absolute Gasteiger partial charge is 0.306 e. The summed E-state index contributed by atoms with van der Waals surface area (Å²) in [5.74, 6) is -1.02. The van der Waals surface area contributed by atoms with Crippen LogP contribution in [0.5, 0.6) is 0 Å². The first-order valence-electron chi connectivity index (χ1n) is 10.4. The summed E-state index contributed by atoms with van der Waals surface area (Å²) >= 11 is 0. The summed E-state index contributed by atoms with van der Waals surface area (Å²) in [5.41, 5.74) is 0. The van der Waals surface area contributed by atoms with Crippen molar-refractivity contribution >= 4 is 11.9 Å². The van der Waals surface area contributed by atoms with E-state index in [0.717, 1.165) is 19.3 Å². The van der Waals surface area contributed by atoms with Gasteiger partial charge in [0.25, 0.3) is 0 Å². The number of carbonyl (C=O) groups is 2. The van der Waals surface area contributed by atoms with Crippen LogP contribution in [-0.4, -0.2) is 23.7 Å². The van der Waals surface area contributed by atoms with Gasteiger partial charge in [0.05, 0.1) is 12.5 Å². The van der Waals surface area contributed by atoms with Gasteiger partial charge in [-0.05, 0) is 12.8 Å². The van der Waals surface area contributed by atoms with Crippen LogP contribution in [0.1, 0.15) is 110 Å². The molecule has 1 atom stereocenters. The Morgan fingerprint density at radius 1 is 0.720 bits per heavy atom. The second-order valence-electron chi connectivity index (χ2n) is 7.32. The highest BCUT2D eigenvalue weighted by Gasteiger charge is 2.09. The molecule has 4 nitrogen and oxygen atoms in total. The molecule has 0 saturated carbocycles. The fourth-order valence-electron chi connectivity index (χ4n) is 3.01. The van der Waals surface area contributed by atoms with Crippen molar-refractivity contribution in [3.63, 3.8) is 0 Å². The molecule has 0 aromatic heterocycles. The summed E-state index contributed by atoms with van der Waals surface area (Å²) in [6.07, 6.45) is 18.3. The molecule has 148 valence electrons.